The van der Waals surface area contributed by atoms with Gasteiger partial charge in [-0.05, 0) is 12.1 Å². The Labute approximate surface area is 147 Å². The van der Waals surface area contributed by atoms with Crippen LogP contribution in [-0.2, 0) is 25.7 Å². The van der Waals surface area contributed by atoms with Gasteiger partial charge in [0, 0.05) is 12.3 Å². The van der Waals surface area contributed by atoms with Gasteiger partial charge in [0.05, 0.1) is 11.4 Å². The van der Waals surface area contributed by atoms with E-state index in [2.05, 4.69) is 10.3 Å². The van der Waals surface area contributed by atoms with E-state index in [-0.39, 0.29) is 31.6 Å². The van der Waals surface area contributed by atoms with Gasteiger partial charge in [-0.2, -0.15) is 0 Å². The van der Waals surface area contributed by atoms with Crippen LogP contribution in [-0.4, -0.2) is 35.9 Å². The average Bonchev–Trinajstić information content (AvgIpc) is 3.02. The Morgan fingerprint density at radius 1 is 1.40 bits per heavy atom. The second-order valence-corrected chi connectivity index (χ2v) is 6.08. The van der Waals surface area contributed by atoms with Crippen LogP contribution in [0.15, 0.2) is 29.6 Å². The minimum Gasteiger partial charge on any atom is -0.482 e. The van der Waals surface area contributed by atoms with E-state index < -0.39 is 5.97 Å². The molecule has 3 rings (SSSR count). The fraction of sp³-hybridized carbons (Fsp3) is 0.250. The molecule has 2 aromatic rings. The van der Waals surface area contributed by atoms with Crippen LogP contribution >= 0.6 is 11.3 Å². The zero-order chi connectivity index (χ0) is 17.8. The summed E-state index contributed by atoms with van der Waals surface area (Å²) in [6, 6.07) is 7.00. The molecule has 130 valence electrons. The molecule has 1 aliphatic rings. The summed E-state index contributed by atoms with van der Waals surface area (Å²) in [6.45, 7) is 1.03. The third kappa shape index (κ3) is 4.13. The predicted molar refractivity (Wildman–Crippen MR) is 90.5 cm³/mol. The van der Waals surface area contributed by atoms with E-state index in [1.807, 2.05) is 0 Å². The Bertz CT molecular complexity index is 820. The predicted octanol–water partition coefficient (Wildman–Crippen LogP) is 1.57. The third-order valence-corrected chi connectivity index (χ3v) is 4.12. The zero-order valence-corrected chi connectivity index (χ0v) is 14.2. The Hall–Kier alpha value is -2.94. The lowest BCUT2D eigenvalue weighted by atomic mass is 10.2. The summed E-state index contributed by atoms with van der Waals surface area (Å²) >= 11 is 1.24. The van der Waals surface area contributed by atoms with Crippen LogP contribution in [0.4, 0.5) is 10.8 Å². The number of fused-ring (bicyclic) bond motifs is 1. The molecular formula is C16H15N3O5S. The number of para-hydroxylation sites is 2. The van der Waals surface area contributed by atoms with Crippen LogP contribution in [0.25, 0.3) is 0 Å². The molecule has 0 atom stereocenters. The third-order valence-electron chi connectivity index (χ3n) is 3.31. The van der Waals surface area contributed by atoms with Crippen molar-refractivity contribution in [3.8, 4) is 5.75 Å². The average molecular weight is 361 g/mol. The number of hydrogen-bond donors (Lipinski definition) is 1. The summed E-state index contributed by atoms with van der Waals surface area (Å²) < 4.78 is 10.5. The van der Waals surface area contributed by atoms with Crippen molar-refractivity contribution in [3.05, 3.63) is 35.3 Å². The van der Waals surface area contributed by atoms with Gasteiger partial charge in [0.2, 0.25) is 5.91 Å². The van der Waals surface area contributed by atoms with E-state index in [9.17, 15) is 14.4 Å². The number of esters is 1. The molecule has 0 unspecified atom stereocenters. The first-order valence-electron chi connectivity index (χ1n) is 7.43. The maximum absolute atomic E-state index is 12.1. The van der Waals surface area contributed by atoms with Gasteiger partial charge in [-0.15, -0.1) is 11.3 Å². The second-order valence-electron chi connectivity index (χ2n) is 5.22. The smallest absolute Gasteiger partial charge is 0.326 e. The molecule has 0 saturated carbocycles. The summed E-state index contributed by atoms with van der Waals surface area (Å²) in [5.74, 6) is -0.534. The highest BCUT2D eigenvalue weighted by atomic mass is 32.1. The molecule has 1 aromatic carbocycles. The Balaban J connectivity index is 1.58. The quantitative estimate of drug-likeness (QED) is 0.812. The van der Waals surface area contributed by atoms with Gasteiger partial charge in [-0.3, -0.25) is 19.3 Å². The first-order valence-corrected chi connectivity index (χ1v) is 8.30. The summed E-state index contributed by atoms with van der Waals surface area (Å²) in [4.78, 5) is 40.5. The number of nitrogens with one attached hydrogen (secondary N) is 1. The van der Waals surface area contributed by atoms with Crippen LogP contribution in [0, 0.1) is 0 Å². The monoisotopic (exact) mass is 361 g/mol. The number of benzene rings is 1. The first-order chi connectivity index (χ1) is 12.0. The van der Waals surface area contributed by atoms with E-state index in [1.165, 1.54) is 23.2 Å². The molecule has 0 bridgehead atoms. The number of ether oxygens (including phenoxy) is 2. The van der Waals surface area contributed by atoms with Crippen LogP contribution in [0.2, 0.25) is 0 Å². The minimum atomic E-state index is -0.556. The van der Waals surface area contributed by atoms with Gasteiger partial charge in [0.15, 0.2) is 11.7 Å². The molecule has 2 heterocycles. The number of hydrogen-bond acceptors (Lipinski definition) is 7. The zero-order valence-electron chi connectivity index (χ0n) is 13.4. The topological polar surface area (TPSA) is 97.8 Å². The molecule has 25 heavy (non-hydrogen) atoms. The Morgan fingerprint density at radius 3 is 3.00 bits per heavy atom. The second kappa shape index (κ2) is 7.31. The number of thiazole rings is 1. The van der Waals surface area contributed by atoms with E-state index >= 15 is 0 Å². The van der Waals surface area contributed by atoms with Gasteiger partial charge < -0.3 is 14.8 Å². The van der Waals surface area contributed by atoms with Crippen LogP contribution in [0.5, 0.6) is 5.75 Å². The van der Waals surface area contributed by atoms with Gasteiger partial charge in [0.1, 0.15) is 18.9 Å². The lowest BCUT2D eigenvalue weighted by Crippen LogP contribution is -2.42. The standard InChI is InChI=1S/C16H15N3O5S/c1-10(20)17-16-18-11(9-25-16)7-24-15(22)6-19-12-4-2-3-5-13(12)23-8-14(19)21/h2-5,9H,6-8H2,1H3,(H,17,18,20). The Kier molecular flexibility index (Phi) is 4.94. The van der Waals surface area contributed by atoms with E-state index in [4.69, 9.17) is 9.47 Å². The largest absolute Gasteiger partial charge is 0.482 e. The number of carbonyl (C=O) groups excluding carboxylic acids is 3. The van der Waals surface area contributed by atoms with Crippen molar-refractivity contribution in [2.75, 3.05) is 23.4 Å². The van der Waals surface area contributed by atoms with Gasteiger partial charge >= 0.3 is 5.97 Å². The fourth-order valence-corrected chi connectivity index (χ4v) is 2.98. The molecule has 0 radical (unpaired) electrons. The van der Waals surface area contributed by atoms with Gasteiger partial charge in [-0.1, -0.05) is 12.1 Å². The lowest BCUT2D eigenvalue weighted by molar-refractivity contribution is -0.144. The number of carbonyl (C=O) groups is 3. The number of aromatic nitrogens is 1. The van der Waals surface area contributed by atoms with Crippen molar-refractivity contribution in [1.82, 2.24) is 4.98 Å². The summed E-state index contributed by atoms with van der Waals surface area (Å²) in [5, 5.41) is 4.69. The number of anilines is 2. The molecule has 0 fully saturated rings. The van der Waals surface area contributed by atoms with Crippen molar-refractivity contribution in [3.63, 3.8) is 0 Å². The van der Waals surface area contributed by atoms with Gasteiger partial charge in [0.25, 0.3) is 5.91 Å². The molecule has 0 saturated heterocycles. The molecule has 1 aromatic heterocycles. The molecule has 1 aliphatic heterocycles. The molecule has 9 heteroatoms. The molecule has 0 aliphatic carbocycles. The van der Waals surface area contributed by atoms with Crippen LogP contribution in [0.3, 0.4) is 0 Å². The van der Waals surface area contributed by atoms with E-state index in [1.54, 1.807) is 29.6 Å². The number of amides is 2. The molecule has 1 N–H and O–H groups in total. The summed E-state index contributed by atoms with van der Waals surface area (Å²) in [7, 11) is 0. The van der Waals surface area contributed by atoms with E-state index in [0.29, 0.717) is 22.3 Å². The molecular weight excluding hydrogens is 346 g/mol. The fourth-order valence-electron chi connectivity index (χ4n) is 2.24. The summed E-state index contributed by atoms with van der Waals surface area (Å²) in [6.07, 6.45) is 0. The highest BCUT2D eigenvalue weighted by molar-refractivity contribution is 7.13. The number of rotatable bonds is 5. The SMILES string of the molecule is CC(=O)Nc1nc(COC(=O)CN2C(=O)COc3ccccc32)cs1. The van der Waals surface area contributed by atoms with Crippen molar-refractivity contribution in [2.24, 2.45) is 0 Å². The lowest BCUT2D eigenvalue weighted by Gasteiger charge is -2.28. The minimum absolute atomic E-state index is 0.0326. The first kappa shape index (κ1) is 16.9. The number of nitrogens with zero attached hydrogens (tertiary/aromatic N) is 2. The highest BCUT2D eigenvalue weighted by Crippen LogP contribution is 2.31. The van der Waals surface area contributed by atoms with E-state index in [0.717, 1.165) is 0 Å². The normalized spacial score (nSPS) is 13.0. The van der Waals surface area contributed by atoms with Crippen molar-refractivity contribution in [2.45, 2.75) is 13.5 Å². The Morgan fingerprint density at radius 2 is 2.20 bits per heavy atom. The maximum atomic E-state index is 12.1. The molecule has 2 amide bonds. The van der Waals surface area contributed by atoms with Crippen LogP contribution < -0.4 is 15.0 Å². The maximum Gasteiger partial charge on any atom is 0.326 e. The van der Waals surface area contributed by atoms with Gasteiger partial charge in [-0.25, -0.2) is 4.98 Å². The van der Waals surface area contributed by atoms with Crippen molar-refractivity contribution in [1.29, 1.82) is 0 Å². The van der Waals surface area contributed by atoms with Crippen LogP contribution in [0.1, 0.15) is 12.6 Å². The molecule has 8 nitrogen and oxygen atoms in total. The van der Waals surface area contributed by atoms with Crippen molar-refractivity contribution < 1.29 is 23.9 Å². The molecule has 0 spiro atoms. The highest BCUT2D eigenvalue weighted by Gasteiger charge is 2.27. The summed E-state index contributed by atoms with van der Waals surface area (Å²) in [5.41, 5.74) is 1.06. The van der Waals surface area contributed by atoms with Crippen molar-refractivity contribution >= 4 is 39.9 Å².